The summed E-state index contributed by atoms with van der Waals surface area (Å²) in [6.45, 7) is 10.8. The number of benzene rings is 4. The lowest BCUT2D eigenvalue weighted by molar-refractivity contribution is -0.198. The average molecular weight is 1130 g/mol. The zero-order chi connectivity index (χ0) is 55.1. The summed E-state index contributed by atoms with van der Waals surface area (Å²) >= 11 is 0. The first-order valence-electron chi connectivity index (χ1n) is 22.2. The largest absolute Gasteiger partial charge is 0.378 e. The molecule has 0 spiro atoms. The van der Waals surface area contributed by atoms with Crippen LogP contribution in [0.2, 0.25) is 0 Å². The third-order valence-electron chi connectivity index (χ3n) is 12.7. The topological polar surface area (TPSA) is 357 Å². The van der Waals surface area contributed by atoms with E-state index < -0.39 is 105 Å². The maximum absolute atomic E-state index is 12.7. The normalized spacial score (nSPS) is 17.0. The summed E-state index contributed by atoms with van der Waals surface area (Å²) in [5, 5.41) is 0.117. The molecule has 2 aliphatic rings. The third kappa shape index (κ3) is 12.6. The molecular formula is C46H52N2O21S5. The highest BCUT2D eigenvalue weighted by Crippen LogP contribution is 2.52. The summed E-state index contributed by atoms with van der Waals surface area (Å²) in [5.41, 5.74) is -0.563. The van der Waals surface area contributed by atoms with Crippen LogP contribution in [0.3, 0.4) is 0 Å². The van der Waals surface area contributed by atoms with Crippen molar-refractivity contribution in [3.8, 4) is 0 Å². The highest BCUT2D eigenvalue weighted by Gasteiger charge is 2.42. The van der Waals surface area contributed by atoms with Gasteiger partial charge in [0.25, 0.3) is 62.4 Å². The molecule has 0 bridgehead atoms. The molecule has 74 heavy (non-hydrogen) atoms. The predicted octanol–water partition coefficient (Wildman–Crippen LogP) is 5.04. The van der Waals surface area contributed by atoms with Crippen molar-refractivity contribution >= 4 is 95.6 Å². The van der Waals surface area contributed by atoms with Crippen LogP contribution in [0.1, 0.15) is 69.6 Å². The Morgan fingerprint density at radius 2 is 1.26 bits per heavy atom. The zero-order valence-corrected chi connectivity index (χ0v) is 44.1. The Hall–Kier alpha value is -5.50. The molecule has 0 aromatic heterocycles. The molecule has 2 amide bonds. The van der Waals surface area contributed by atoms with Crippen LogP contribution in [-0.2, 0) is 90.1 Å². The van der Waals surface area contributed by atoms with E-state index >= 15 is 0 Å². The molecule has 4 aromatic carbocycles. The Labute approximate surface area is 427 Å². The van der Waals surface area contributed by atoms with E-state index in [1.54, 1.807) is 38.7 Å². The molecule has 402 valence electrons. The first-order valence-corrected chi connectivity index (χ1v) is 29.6. The number of allylic oxidation sites excluding steroid dienone is 5. The van der Waals surface area contributed by atoms with Crippen LogP contribution >= 0.6 is 0 Å². The molecule has 0 aliphatic carbocycles. The summed E-state index contributed by atoms with van der Waals surface area (Å²) in [6.07, 6.45) is 3.91. The number of hydrogen-bond donors (Lipinski definition) is 5. The molecule has 2 aliphatic heterocycles. The number of hydroxylamine groups is 2. The van der Waals surface area contributed by atoms with Gasteiger partial charge in [-0.3, -0.25) is 32.4 Å². The van der Waals surface area contributed by atoms with E-state index in [9.17, 15) is 79.2 Å². The Kier molecular flexibility index (Phi) is 16.6. The standard InChI is InChI=1S/C46H52N2O21S5/c1-28-10-11-32-34(24-30(71(55,56)57)26-37(32)73(61,62)63)43(28)46(5,17-7-23-70(52,53)54)29(2)8-6-9-39-45(3,4)44-35-25-31(72(58,59)60)27-38(74(64,65)66)33(35)12-13-36(44)47(39)18-20-68-22-21-67-19-16-42(51)69-48-40(49)14-15-41(48)50/h6,8-13,24-27H,2,7,14-23H2,1,3-5H3,(H,52,53,54)(H,55,56,57)(H,58,59,60)(H,61,62,63)(H,64,65,66)/b8-6+,39-9+. The fourth-order valence-electron chi connectivity index (χ4n) is 9.25. The Morgan fingerprint density at radius 1 is 0.730 bits per heavy atom. The van der Waals surface area contributed by atoms with E-state index in [4.69, 9.17) is 14.3 Å². The lowest BCUT2D eigenvalue weighted by Crippen LogP contribution is -2.32. The number of anilines is 1. The molecule has 0 saturated carbocycles. The fourth-order valence-corrected chi connectivity index (χ4v) is 12.4. The highest BCUT2D eigenvalue weighted by atomic mass is 32.2. The number of fused-ring (bicyclic) bond motifs is 4. The third-order valence-corrected chi connectivity index (χ3v) is 17.0. The van der Waals surface area contributed by atoms with Crippen LogP contribution < -0.4 is 4.90 Å². The van der Waals surface area contributed by atoms with Gasteiger partial charge in [0.1, 0.15) is 9.79 Å². The second-order valence-electron chi connectivity index (χ2n) is 18.1. The van der Waals surface area contributed by atoms with Crippen LogP contribution in [-0.4, -0.2) is 126 Å². The van der Waals surface area contributed by atoms with Crippen LogP contribution in [0.4, 0.5) is 5.69 Å². The number of amides is 2. The van der Waals surface area contributed by atoms with E-state index in [1.165, 1.54) is 36.4 Å². The molecule has 5 N–H and O–H groups in total. The van der Waals surface area contributed by atoms with E-state index in [0.29, 0.717) is 39.7 Å². The van der Waals surface area contributed by atoms with Crippen LogP contribution in [0.15, 0.2) is 104 Å². The number of nitrogens with zero attached hydrogens (tertiary/aromatic N) is 2. The Morgan fingerprint density at radius 3 is 1.80 bits per heavy atom. The summed E-state index contributed by atoms with van der Waals surface area (Å²) in [4.78, 5) is 38.8. The number of ether oxygens (including phenoxy) is 2. The van der Waals surface area contributed by atoms with E-state index in [2.05, 4.69) is 6.58 Å². The second kappa shape index (κ2) is 21.3. The second-order valence-corrected chi connectivity index (χ2v) is 25.3. The molecule has 4 aromatic rings. The lowest BCUT2D eigenvalue weighted by Gasteiger charge is -2.34. The summed E-state index contributed by atoms with van der Waals surface area (Å²) < 4.78 is 186. The maximum atomic E-state index is 12.7. The van der Waals surface area contributed by atoms with Gasteiger partial charge in [-0.15, -0.1) is 5.06 Å². The maximum Gasteiger partial charge on any atom is 0.335 e. The monoisotopic (exact) mass is 1130 g/mol. The molecule has 23 nitrogen and oxygen atoms in total. The fraction of sp³-hybridized carbons (Fsp3) is 0.370. The van der Waals surface area contributed by atoms with Gasteiger partial charge in [0.2, 0.25) is 0 Å². The number of aryl methyl sites for hydroxylation is 1. The SMILES string of the molecule is C=C(/C=C/C=C1/N(CCOCCOCCC(=O)ON2C(=O)CCC2=O)c2ccc3c(S(=O)(=O)O)cc(S(=O)(=O)O)cc3c2C1(C)C)C(C)(CCCS(=O)(=O)O)c1c(C)ccc2c(S(=O)(=O)O)cc(S(=O)(=O)O)cc12. The van der Waals surface area contributed by atoms with Crippen LogP contribution in [0.5, 0.6) is 0 Å². The summed E-state index contributed by atoms with van der Waals surface area (Å²) in [5.74, 6) is -2.87. The molecular weight excluding hydrogens is 1080 g/mol. The van der Waals surface area contributed by atoms with Gasteiger partial charge >= 0.3 is 5.97 Å². The molecule has 1 unspecified atom stereocenters. The van der Waals surface area contributed by atoms with E-state index in [1.807, 2.05) is 0 Å². The lowest BCUT2D eigenvalue weighted by atomic mass is 9.70. The van der Waals surface area contributed by atoms with Gasteiger partial charge in [-0.25, -0.2) is 4.79 Å². The van der Waals surface area contributed by atoms with E-state index in [-0.39, 0.29) is 97.8 Å². The van der Waals surface area contributed by atoms with Gasteiger partial charge in [0, 0.05) is 52.4 Å². The van der Waals surface area contributed by atoms with Crippen molar-refractivity contribution in [1.29, 1.82) is 0 Å². The molecule has 28 heteroatoms. The van der Waals surface area contributed by atoms with Crippen molar-refractivity contribution in [2.24, 2.45) is 0 Å². The van der Waals surface area contributed by atoms with Gasteiger partial charge in [-0.2, -0.15) is 42.1 Å². The minimum Gasteiger partial charge on any atom is -0.378 e. The van der Waals surface area contributed by atoms with Gasteiger partial charge in [-0.1, -0.05) is 57.7 Å². The molecule has 1 atom stereocenters. The zero-order valence-electron chi connectivity index (χ0n) is 40.0. The molecule has 6 rings (SSSR count). The average Bonchev–Trinajstić information content (AvgIpc) is 3.70. The molecule has 2 heterocycles. The van der Waals surface area contributed by atoms with Gasteiger partial charge < -0.3 is 19.2 Å². The molecule has 0 radical (unpaired) electrons. The van der Waals surface area contributed by atoms with Gasteiger partial charge in [-0.05, 0) is 89.2 Å². The number of hydrogen-bond acceptors (Lipinski definition) is 17. The number of imide groups is 1. The first kappa shape index (κ1) is 57.8. The summed E-state index contributed by atoms with van der Waals surface area (Å²) in [7, 11) is -24.9. The predicted molar refractivity (Wildman–Crippen MR) is 265 cm³/mol. The van der Waals surface area contributed by atoms with Crippen molar-refractivity contribution in [2.75, 3.05) is 43.6 Å². The Balaban J connectivity index is 1.40. The summed E-state index contributed by atoms with van der Waals surface area (Å²) in [6, 6.07) is 8.93. The molecule has 1 saturated heterocycles. The quantitative estimate of drug-likeness (QED) is 0.0298. The van der Waals surface area contributed by atoms with Crippen molar-refractivity contribution in [1.82, 2.24) is 5.06 Å². The van der Waals surface area contributed by atoms with Crippen LogP contribution in [0, 0.1) is 6.92 Å². The van der Waals surface area contributed by atoms with Crippen molar-refractivity contribution in [3.63, 3.8) is 0 Å². The van der Waals surface area contributed by atoms with Crippen LogP contribution in [0.25, 0.3) is 21.5 Å². The minimum atomic E-state index is -5.13. The van der Waals surface area contributed by atoms with Crippen molar-refractivity contribution in [2.45, 2.75) is 90.2 Å². The highest BCUT2D eigenvalue weighted by molar-refractivity contribution is 7.87. The van der Waals surface area contributed by atoms with Crippen molar-refractivity contribution in [3.05, 3.63) is 101 Å². The van der Waals surface area contributed by atoms with Crippen molar-refractivity contribution < 1.29 is 93.5 Å². The molecule has 1 fully saturated rings. The number of carbonyl (C=O) groups is 3. The Bertz CT molecular complexity index is 3630. The smallest absolute Gasteiger partial charge is 0.335 e. The van der Waals surface area contributed by atoms with Gasteiger partial charge in [0.05, 0.1) is 48.4 Å². The van der Waals surface area contributed by atoms with Gasteiger partial charge in [0.15, 0.2) is 0 Å². The van der Waals surface area contributed by atoms with E-state index in [0.717, 1.165) is 12.1 Å². The number of rotatable bonds is 22. The minimum absolute atomic E-state index is 0.00459. The number of carbonyl (C=O) groups excluding carboxylic acids is 3. The first-order chi connectivity index (χ1) is 34.1.